The average Bonchev–Trinajstić information content (AvgIpc) is 2.70. The van der Waals surface area contributed by atoms with Gasteiger partial charge in [-0.25, -0.2) is 0 Å². The zero-order valence-corrected chi connectivity index (χ0v) is 18.3. The zero-order valence-electron chi connectivity index (χ0n) is 18.3. The van der Waals surface area contributed by atoms with E-state index in [1.54, 1.807) is 0 Å². The van der Waals surface area contributed by atoms with Crippen molar-refractivity contribution in [1.29, 1.82) is 0 Å². The number of anilines is 1. The summed E-state index contributed by atoms with van der Waals surface area (Å²) in [5, 5.41) is 13.4. The average molecular weight is 414 g/mol. The Balaban J connectivity index is 1.36. The van der Waals surface area contributed by atoms with Gasteiger partial charge in [0.05, 0.1) is 0 Å². The summed E-state index contributed by atoms with van der Waals surface area (Å²) in [4.78, 5) is 15.1. The number of ether oxygens (including phenoxy) is 1. The van der Waals surface area contributed by atoms with Gasteiger partial charge in [0, 0.05) is 5.69 Å². The van der Waals surface area contributed by atoms with E-state index in [4.69, 9.17) is 4.74 Å². The number of aliphatic hydroxyl groups is 1. The highest BCUT2D eigenvalue weighted by Gasteiger charge is 2.26. The van der Waals surface area contributed by atoms with Gasteiger partial charge >= 0.3 is 0 Å². The van der Waals surface area contributed by atoms with Crippen molar-refractivity contribution >= 4 is 11.6 Å². The molecule has 1 atom stereocenters. The molecule has 1 saturated heterocycles. The minimum atomic E-state index is -0.491. The molecule has 6 heteroatoms. The van der Waals surface area contributed by atoms with Crippen LogP contribution in [-0.2, 0) is 4.79 Å². The molecule has 4 N–H and O–H groups in total. The predicted octanol–water partition coefficient (Wildman–Crippen LogP) is -0.226. The van der Waals surface area contributed by atoms with Gasteiger partial charge in [0.1, 0.15) is 51.2 Å². The van der Waals surface area contributed by atoms with Crippen molar-refractivity contribution in [1.82, 2.24) is 0 Å². The van der Waals surface area contributed by atoms with Gasteiger partial charge in [-0.1, -0.05) is 29.8 Å². The van der Waals surface area contributed by atoms with Crippen molar-refractivity contribution in [3.05, 3.63) is 59.2 Å². The molecule has 1 aliphatic rings. The van der Waals surface area contributed by atoms with E-state index in [1.165, 1.54) is 15.4 Å². The van der Waals surface area contributed by atoms with E-state index in [0.717, 1.165) is 48.7 Å². The molecule has 6 nitrogen and oxygen atoms in total. The van der Waals surface area contributed by atoms with Gasteiger partial charge in [-0.15, -0.1) is 0 Å². The quantitative estimate of drug-likeness (QED) is 0.484. The second-order valence-electron chi connectivity index (χ2n) is 8.53. The molecule has 162 valence electrons. The molecule has 0 saturated carbocycles. The maximum Gasteiger partial charge on any atom is 0.279 e. The fourth-order valence-electron chi connectivity index (χ4n) is 4.00. The second kappa shape index (κ2) is 10.6. The number of piperazine rings is 1. The SMILES string of the molecule is Cc1cccc(OCC(O)C[NH+]2CC[NH+](CC(=O)Nc3ccc(C)cc3C)CC2)c1. The number of quaternary nitrogens is 2. The van der Waals surface area contributed by atoms with Crippen molar-refractivity contribution in [2.24, 2.45) is 0 Å². The highest BCUT2D eigenvalue weighted by molar-refractivity contribution is 5.92. The maximum absolute atomic E-state index is 12.4. The lowest BCUT2D eigenvalue weighted by Gasteiger charge is -2.30. The molecule has 1 fully saturated rings. The Morgan fingerprint density at radius 2 is 1.73 bits per heavy atom. The summed E-state index contributed by atoms with van der Waals surface area (Å²) >= 11 is 0. The zero-order chi connectivity index (χ0) is 21.5. The number of hydrogen-bond acceptors (Lipinski definition) is 3. The van der Waals surface area contributed by atoms with Crippen LogP contribution in [0.15, 0.2) is 42.5 Å². The smallest absolute Gasteiger partial charge is 0.279 e. The molecule has 3 rings (SSSR count). The van der Waals surface area contributed by atoms with Gasteiger partial charge in [-0.2, -0.15) is 0 Å². The molecule has 1 amide bonds. The number of hydrogen-bond donors (Lipinski definition) is 4. The van der Waals surface area contributed by atoms with E-state index in [1.807, 2.05) is 50.2 Å². The molecule has 0 bridgehead atoms. The first-order chi connectivity index (χ1) is 14.4. The Bertz CT molecular complexity index is 847. The third-order valence-electron chi connectivity index (χ3n) is 5.69. The Labute approximate surface area is 179 Å². The molecular weight excluding hydrogens is 378 g/mol. The number of rotatable bonds is 8. The van der Waals surface area contributed by atoms with Crippen LogP contribution in [0, 0.1) is 20.8 Å². The van der Waals surface area contributed by atoms with E-state index in [9.17, 15) is 9.90 Å². The molecule has 1 heterocycles. The lowest BCUT2D eigenvalue weighted by molar-refractivity contribution is -1.01. The van der Waals surface area contributed by atoms with Gasteiger partial charge in [0.25, 0.3) is 5.91 Å². The van der Waals surface area contributed by atoms with Gasteiger partial charge in [0.2, 0.25) is 0 Å². The first-order valence-electron chi connectivity index (χ1n) is 10.8. The number of amides is 1. The third kappa shape index (κ3) is 6.83. The van der Waals surface area contributed by atoms with Crippen LogP contribution >= 0.6 is 0 Å². The Morgan fingerprint density at radius 1 is 1.03 bits per heavy atom. The van der Waals surface area contributed by atoms with Crippen molar-refractivity contribution in [2.75, 3.05) is 51.2 Å². The van der Waals surface area contributed by atoms with Crippen LogP contribution in [0.3, 0.4) is 0 Å². The number of benzene rings is 2. The molecule has 0 spiro atoms. The first kappa shape index (κ1) is 22.3. The van der Waals surface area contributed by atoms with Crippen LogP contribution in [0.4, 0.5) is 5.69 Å². The van der Waals surface area contributed by atoms with Crippen molar-refractivity contribution < 1.29 is 24.4 Å². The topological polar surface area (TPSA) is 67.4 Å². The van der Waals surface area contributed by atoms with Crippen LogP contribution in [0.1, 0.15) is 16.7 Å². The van der Waals surface area contributed by atoms with Crippen molar-refractivity contribution in [3.8, 4) is 5.75 Å². The van der Waals surface area contributed by atoms with E-state index in [0.29, 0.717) is 19.7 Å². The summed E-state index contributed by atoms with van der Waals surface area (Å²) in [6, 6.07) is 13.9. The number of carbonyl (C=O) groups excluding carboxylic acids is 1. The summed E-state index contributed by atoms with van der Waals surface area (Å²) in [5.41, 5.74) is 4.33. The number of aliphatic hydroxyl groups excluding tert-OH is 1. The lowest BCUT2D eigenvalue weighted by Crippen LogP contribution is -3.28. The summed E-state index contributed by atoms with van der Waals surface area (Å²) in [5.74, 6) is 0.861. The molecule has 0 radical (unpaired) electrons. The summed E-state index contributed by atoms with van der Waals surface area (Å²) in [6.45, 7) is 11.3. The van der Waals surface area contributed by atoms with E-state index >= 15 is 0 Å². The largest absolute Gasteiger partial charge is 0.491 e. The standard InChI is InChI=1S/C24H33N3O3/c1-18-5-4-6-22(14-18)30-17-21(28)15-26-9-11-27(12-10-26)16-24(29)25-23-8-7-19(2)13-20(23)3/h4-8,13-14,21,28H,9-12,15-17H2,1-3H3,(H,25,29)/p+2. The fourth-order valence-corrected chi connectivity index (χ4v) is 4.00. The van der Waals surface area contributed by atoms with Gasteiger partial charge < -0.3 is 25.0 Å². The number of nitrogens with one attached hydrogen (secondary N) is 3. The van der Waals surface area contributed by atoms with Crippen LogP contribution in [0.5, 0.6) is 5.75 Å². The predicted molar refractivity (Wildman–Crippen MR) is 118 cm³/mol. The van der Waals surface area contributed by atoms with Crippen LogP contribution in [-0.4, -0.2) is 63.0 Å². The molecule has 0 aromatic heterocycles. The lowest BCUT2D eigenvalue weighted by atomic mass is 10.1. The van der Waals surface area contributed by atoms with E-state index < -0.39 is 6.10 Å². The van der Waals surface area contributed by atoms with Crippen LogP contribution < -0.4 is 19.9 Å². The monoisotopic (exact) mass is 413 g/mol. The van der Waals surface area contributed by atoms with Gasteiger partial charge in [-0.3, -0.25) is 4.79 Å². The molecule has 0 aliphatic carbocycles. The molecular formula is C24H35N3O3+2. The second-order valence-corrected chi connectivity index (χ2v) is 8.53. The normalized spacial score (nSPS) is 19.9. The van der Waals surface area contributed by atoms with Gasteiger partial charge in [0.15, 0.2) is 6.54 Å². The molecule has 30 heavy (non-hydrogen) atoms. The fraction of sp³-hybridized carbons (Fsp3) is 0.458. The molecule has 2 aromatic carbocycles. The van der Waals surface area contributed by atoms with Crippen LogP contribution in [0.2, 0.25) is 0 Å². The molecule has 1 aliphatic heterocycles. The van der Waals surface area contributed by atoms with E-state index in [-0.39, 0.29) is 5.91 Å². The maximum atomic E-state index is 12.4. The highest BCUT2D eigenvalue weighted by atomic mass is 16.5. The number of aryl methyl sites for hydroxylation is 3. The van der Waals surface area contributed by atoms with Crippen LogP contribution in [0.25, 0.3) is 0 Å². The van der Waals surface area contributed by atoms with E-state index in [2.05, 4.69) is 18.3 Å². The Morgan fingerprint density at radius 3 is 2.43 bits per heavy atom. The molecule has 2 aromatic rings. The third-order valence-corrected chi connectivity index (χ3v) is 5.69. The summed E-state index contributed by atoms with van der Waals surface area (Å²) < 4.78 is 5.72. The minimum absolute atomic E-state index is 0.0620. The van der Waals surface area contributed by atoms with Gasteiger partial charge in [-0.05, 0) is 50.1 Å². The summed E-state index contributed by atoms with van der Waals surface area (Å²) in [6.07, 6.45) is -0.491. The first-order valence-corrected chi connectivity index (χ1v) is 10.8. The summed E-state index contributed by atoms with van der Waals surface area (Å²) in [7, 11) is 0. The Hall–Kier alpha value is -2.41. The highest BCUT2D eigenvalue weighted by Crippen LogP contribution is 2.15. The molecule has 1 unspecified atom stereocenters. The number of carbonyl (C=O) groups is 1. The van der Waals surface area contributed by atoms with Crippen molar-refractivity contribution in [2.45, 2.75) is 26.9 Å². The Kier molecular flexibility index (Phi) is 7.85. The van der Waals surface area contributed by atoms with Crippen molar-refractivity contribution in [3.63, 3.8) is 0 Å². The minimum Gasteiger partial charge on any atom is -0.491 e.